The lowest BCUT2D eigenvalue weighted by Gasteiger charge is -2.12. The number of hydrogen-bond donors (Lipinski definition) is 1. The van der Waals surface area contributed by atoms with Crippen LogP contribution in [0.4, 0.5) is 0 Å². The Bertz CT molecular complexity index is 520. The van der Waals surface area contributed by atoms with Crippen molar-refractivity contribution in [2.75, 3.05) is 19.1 Å². The number of hydrogen-bond acceptors (Lipinski definition) is 4. The van der Waals surface area contributed by atoms with Crippen molar-refractivity contribution >= 4 is 21.6 Å². The molecule has 1 unspecified atom stereocenters. The molecule has 1 aliphatic heterocycles. The maximum Gasteiger partial charge on any atom is 0.176 e. The number of sulfone groups is 1. The molecule has 0 radical (unpaired) electrons. The summed E-state index contributed by atoms with van der Waals surface area (Å²) in [5, 5.41) is 3.46. The Kier molecular flexibility index (Phi) is 4.35. The quantitative estimate of drug-likeness (QED) is 0.861. The molecule has 5 heteroatoms. The van der Waals surface area contributed by atoms with Crippen molar-refractivity contribution < 1.29 is 8.42 Å². The third-order valence-electron chi connectivity index (χ3n) is 3.27. The predicted molar refractivity (Wildman–Crippen MR) is 76.1 cm³/mol. The molecule has 100 valence electrons. The number of nitrogens with one attached hydrogen (secondary N) is 1. The van der Waals surface area contributed by atoms with Gasteiger partial charge in [0.1, 0.15) is 0 Å². The van der Waals surface area contributed by atoms with Gasteiger partial charge in [0.05, 0.1) is 4.90 Å². The van der Waals surface area contributed by atoms with Crippen molar-refractivity contribution in [2.24, 2.45) is 0 Å². The van der Waals surface area contributed by atoms with Crippen molar-refractivity contribution in [3.8, 4) is 0 Å². The van der Waals surface area contributed by atoms with Crippen LogP contribution >= 0.6 is 11.8 Å². The molecule has 2 rings (SSSR count). The number of rotatable bonds is 4. The lowest BCUT2D eigenvalue weighted by atomic mass is 10.0. The summed E-state index contributed by atoms with van der Waals surface area (Å²) in [4.78, 5) is 1.30. The second-order valence-corrected chi connectivity index (χ2v) is 7.59. The Labute approximate surface area is 113 Å². The van der Waals surface area contributed by atoms with E-state index in [1.54, 1.807) is 6.07 Å². The van der Waals surface area contributed by atoms with E-state index in [4.69, 9.17) is 0 Å². The van der Waals surface area contributed by atoms with Crippen molar-refractivity contribution in [2.45, 2.75) is 35.1 Å². The first-order valence-electron chi connectivity index (χ1n) is 6.11. The summed E-state index contributed by atoms with van der Waals surface area (Å²) >= 11 is 1.49. The second-order valence-electron chi connectivity index (χ2n) is 4.75. The van der Waals surface area contributed by atoms with E-state index in [-0.39, 0.29) is 0 Å². The van der Waals surface area contributed by atoms with Gasteiger partial charge in [0.15, 0.2) is 9.84 Å². The van der Waals surface area contributed by atoms with Gasteiger partial charge in [0, 0.05) is 17.2 Å². The average Bonchev–Trinajstić information content (AvgIpc) is 2.80. The van der Waals surface area contributed by atoms with Crippen molar-refractivity contribution in [3.05, 3.63) is 23.8 Å². The standard InChI is InChI=1S/C13H19NO2S2/c1-17-12-9-10(8-11-4-3-7-14-11)5-6-13(12)18(2,15)16/h5-6,9,11,14H,3-4,7-8H2,1-2H3. The lowest BCUT2D eigenvalue weighted by molar-refractivity contribution is 0.597. The fourth-order valence-corrected chi connectivity index (χ4v) is 4.34. The molecule has 0 spiro atoms. The first-order chi connectivity index (χ1) is 8.50. The molecule has 3 nitrogen and oxygen atoms in total. The predicted octanol–water partition coefficient (Wildman–Crippen LogP) is 2.11. The van der Waals surface area contributed by atoms with Crippen LogP contribution in [0.25, 0.3) is 0 Å². The monoisotopic (exact) mass is 285 g/mol. The molecular weight excluding hydrogens is 266 g/mol. The van der Waals surface area contributed by atoms with Crippen molar-refractivity contribution in [3.63, 3.8) is 0 Å². The minimum Gasteiger partial charge on any atom is -0.314 e. The van der Waals surface area contributed by atoms with E-state index in [2.05, 4.69) is 5.32 Å². The summed E-state index contributed by atoms with van der Waals surface area (Å²) in [6.07, 6.45) is 6.61. The zero-order valence-corrected chi connectivity index (χ0v) is 12.4. The third-order valence-corrected chi connectivity index (χ3v) is 5.33. The molecule has 18 heavy (non-hydrogen) atoms. The summed E-state index contributed by atoms with van der Waals surface area (Å²) < 4.78 is 23.3. The molecular formula is C13H19NO2S2. The molecule has 1 aromatic rings. The van der Waals surface area contributed by atoms with Gasteiger partial charge in [0.2, 0.25) is 0 Å². The van der Waals surface area contributed by atoms with Gasteiger partial charge in [0.25, 0.3) is 0 Å². The molecule has 1 heterocycles. The Hall–Kier alpha value is -0.520. The van der Waals surface area contributed by atoms with Crippen LogP contribution in [0.15, 0.2) is 28.0 Å². The van der Waals surface area contributed by atoms with Gasteiger partial charge < -0.3 is 5.32 Å². The van der Waals surface area contributed by atoms with Crippen molar-refractivity contribution in [1.82, 2.24) is 5.32 Å². The zero-order valence-electron chi connectivity index (χ0n) is 10.8. The summed E-state index contributed by atoms with van der Waals surface area (Å²) in [6, 6.07) is 6.24. The first kappa shape index (κ1) is 13.9. The van der Waals surface area contributed by atoms with Gasteiger partial charge in [-0.25, -0.2) is 8.42 Å². The topological polar surface area (TPSA) is 46.2 Å². The summed E-state index contributed by atoms with van der Waals surface area (Å²) in [7, 11) is -3.13. The van der Waals surface area contributed by atoms with E-state index in [1.807, 2.05) is 18.4 Å². The second kappa shape index (κ2) is 5.63. The van der Waals surface area contributed by atoms with Crippen LogP contribution in [0.1, 0.15) is 18.4 Å². The fraction of sp³-hybridized carbons (Fsp3) is 0.538. The highest BCUT2D eigenvalue weighted by molar-refractivity contribution is 7.99. The molecule has 1 aromatic carbocycles. The molecule has 0 saturated carbocycles. The number of benzene rings is 1. The van der Waals surface area contributed by atoms with Crippen LogP contribution < -0.4 is 5.32 Å². The molecule has 0 aromatic heterocycles. The van der Waals surface area contributed by atoms with Gasteiger partial charge in [-0.1, -0.05) is 6.07 Å². The normalized spacial score (nSPS) is 20.2. The van der Waals surface area contributed by atoms with E-state index in [9.17, 15) is 8.42 Å². The van der Waals surface area contributed by atoms with Crippen LogP contribution in [0, 0.1) is 0 Å². The minimum atomic E-state index is -3.13. The summed E-state index contributed by atoms with van der Waals surface area (Å²) in [6.45, 7) is 1.10. The fourth-order valence-electron chi connectivity index (χ4n) is 2.36. The smallest absolute Gasteiger partial charge is 0.176 e. The Morgan fingerprint density at radius 1 is 1.44 bits per heavy atom. The van der Waals surface area contributed by atoms with Gasteiger partial charge in [-0.05, 0) is 49.8 Å². The maximum atomic E-state index is 11.6. The van der Waals surface area contributed by atoms with E-state index >= 15 is 0 Å². The minimum absolute atomic E-state index is 0.443. The molecule has 1 aliphatic rings. The van der Waals surface area contributed by atoms with Crippen molar-refractivity contribution in [1.29, 1.82) is 0 Å². The first-order valence-corrected chi connectivity index (χ1v) is 9.22. The molecule has 0 bridgehead atoms. The third kappa shape index (κ3) is 3.28. The van der Waals surface area contributed by atoms with E-state index < -0.39 is 9.84 Å². The van der Waals surface area contributed by atoms with Gasteiger partial charge in [-0.15, -0.1) is 11.8 Å². The molecule has 1 N–H and O–H groups in total. The molecule has 1 saturated heterocycles. The highest BCUT2D eigenvalue weighted by atomic mass is 32.2. The van der Waals surface area contributed by atoms with Crippen LogP contribution in [0.5, 0.6) is 0 Å². The maximum absolute atomic E-state index is 11.6. The average molecular weight is 285 g/mol. The SMILES string of the molecule is CSc1cc(CC2CCCN2)ccc1S(C)(=O)=O. The summed E-state index contributed by atoms with van der Waals surface area (Å²) in [5.41, 5.74) is 1.21. The number of thioether (sulfide) groups is 1. The lowest BCUT2D eigenvalue weighted by Crippen LogP contribution is -2.23. The summed E-state index contributed by atoms with van der Waals surface area (Å²) in [5.74, 6) is 0. The molecule has 1 atom stereocenters. The largest absolute Gasteiger partial charge is 0.314 e. The van der Waals surface area contributed by atoms with Crippen LogP contribution in [-0.2, 0) is 16.3 Å². The van der Waals surface area contributed by atoms with E-state index in [0.29, 0.717) is 10.9 Å². The highest BCUT2D eigenvalue weighted by Gasteiger charge is 2.17. The van der Waals surface area contributed by atoms with Gasteiger partial charge in [-0.2, -0.15) is 0 Å². The van der Waals surface area contributed by atoms with Gasteiger partial charge in [-0.3, -0.25) is 0 Å². The van der Waals surface area contributed by atoms with Crippen LogP contribution in [0.2, 0.25) is 0 Å². The zero-order chi connectivity index (χ0) is 13.2. The van der Waals surface area contributed by atoms with E-state index in [1.165, 1.54) is 36.4 Å². The Balaban J connectivity index is 2.24. The van der Waals surface area contributed by atoms with E-state index in [0.717, 1.165) is 17.9 Å². The Morgan fingerprint density at radius 3 is 2.78 bits per heavy atom. The van der Waals surface area contributed by atoms with Gasteiger partial charge >= 0.3 is 0 Å². The molecule has 0 aliphatic carbocycles. The van der Waals surface area contributed by atoms with Crippen LogP contribution in [-0.4, -0.2) is 33.5 Å². The van der Waals surface area contributed by atoms with Crippen LogP contribution in [0.3, 0.4) is 0 Å². The molecule has 1 fully saturated rings. The molecule has 0 amide bonds. The highest BCUT2D eigenvalue weighted by Crippen LogP contribution is 2.27. The Morgan fingerprint density at radius 2 is 2.22 bits per heavy atom.